The fourth-order valence-corrected chi connectivity index (χ4v) is 3.37. The molecule has 2 rings (SSSR count). The molecule has 0 aromatic heterocycles. The highest BCUT2D eigenvalue weighted by Crippen LogP contribution is 2.30. The van der Waals surface area contributed by atoms with E-state index in [1.54, 1.807) is 7.11 Å². The van der Waals surface area contributed by atoms with E-state index in [2.05, 4.69) is 17.1 Å². The molecule has 0 radical (unpaired) electrons. The molecular weight excluding hydrogens is 228 g/mol. The van der Waals surface area contributed by atoms with Gasteiger partial charge in [-0.25, -0.2) is 0 Å². The Kier molecular flexibility index (Phi) is 5.01. The van der Waals surface area contributed by atoms with E-state index in [0.29, 0.717) is 31.2 Å². The minimum absolute atomic E-state index is 0.269. The third-order valence-electron chi connectivity index (χ3n) is 4.19. The van der Waals surface area contributed by atoms with Crippen molar-refractivity contribution in [1.82, 2.24) is 10.2 Å². The molecule has 4 heteroatoms. The van der Waals surface area contributed by atoms with E-state index < -0.39 is 0 Å². The molecule has 2 atom stereocenters. The summed E-state index contributed by atoms with van der Waals surface area (Å²) in [6.45, 7) is 3.58. The fraction of sp³-hybridized carbons (Fsp3) is 0.929. The van der Waals surface area contributed by atoms with Crippen molar-refractivity contribution in [2.45, 2.75) is 63.6 Å². The molecule has 4 nitrogen and oxygen atoms in total. The molecular formula is C14H26N2O2. The molecule has 0 aromatic rings. The average molecular weight is 254 g/mol. The normalized spacial score (nSPS) is 30.4. The number of nitrogens with one attached hydrogen (secondary N) is 1. The summed E-state index contributed by atoms with van der Waals surface area (Å²) in [4.78, 5) is 14.4. The summed E-state index contributed by atoms with van der Waals surface area (Å²) >= 11 is 0. The van der Waals surface area contributed by atoms with Crippen molar-refractivity contribution in [3.63, 3.8) is 0 Å². The average Bonchev–Trinajstić information content (AvgIpc) is 2.72. The molecule has 2 saturated heterocycles. The molecule has 18 heavy (non-hydrogen) atoms. The van der Waals surface area contributed by atoms with E-state index in [0.717, 1.165) is 25.8 Å². The van der Waals surface area contributed by atoms with Gasteiger partial charge in [0.2, 0.25) is 5.91 Å². The van der Waals surface area contributed by atoms with Crippen molar-refractivity contribution in [3.05, 3.63) is 0 Å². The SMILES string of the molecule is CCCN(C(=O)CCOC)C1CC2CCC(C1)N2. The Morgan fingerprint density at radius 1 is 1.33 bits per heavy atom. The summed E-state index contributed by atoms with van der Waals surface area (Å²) in [5, 5.41) is 3.64. The van der Waals surface area contributed by atoms with Crippen molar-refractivity contribution < 1.29 is 9.53 Å². The molecule has 1 amide bonds. The van der Waals surface area contributed by atoms with Gasteiger partial charge in [-0.3, -0.25) is 4.79 Å². The number of hydrogen-bond acceptors (Lipinski definition) is 3. The quantitative estimate of drug-likeness (QED) is 0.782. The van der Waals surface area contributed by atoms with Crippen LogP contribution in [0.1, 0.15) is 45.4 Å². The van der Waals surface area contributed by atoms with Crippen molar-refractivity contribution in [2.75, 3.05) is 20.3 Å². The Hall–Kier alpha value is -0.610. The number of amides is 1. The number of hydrogen-bond donors (Lipinski definition) is 1. The molecule has 2 unspecified atom stereocenters. The highest BCUT2D eigenvalue weighted by Gasteiger charge is 2.37. The van der Waals surface area contributed by atoms with Gasteiger partial charge >= 0.3 is 0 Å². The van der Waals surface area contributed by atoms with Gasteiger partial charge in [0.25, 0.3) is 0 Å². The van der Waals surface area contributed by atoms with Gasteiger partial charge in [-0.05, 0) is 32.1 Å². The summed E-state index contributed by atoms with van der Waals surface area (Å²) < 4.78 is 5.02. The molecule has 0 saturated carbocycles. The van der Waals surface area contributed by atoms with Crippen molar-refractivity contribution >= 4 is 5.91 Å². The lowest BCUT2D eigenvalue weighted by Crippen LogP contribution is -2.50. The number of carbonyl (C=O) groups is 1. The van der Waals surface area contributed by atoms with E-state index in [4.69, 9.17) is 4.74 Å². The predicted octanol–water partition coefficient (Wildman–Crippen LogP) is 1.54. The Labute approximate surface area is 110 Å². The third-order valence-corrected chi connectivity index (χ3v) is 4.19. The van der Waals surface area contributed by atoms with Crippen LogP contribution in [0, 0.1) is 0 Å². The molecule has 2 heterocycles. The zero-order valence-electron chi connectivity index (χ0n) is 11.7. The molecule has 1 N–H and O–H groups in total. The number of methoxy groups -OCH3 is 1. The Balaban J connectivity index is 1.94. The first-order chi connectivity index (χ1) is 8.74. The first-order valence-electron chi connectivity index (χ1n) is 7.29. The lowest BCUT2D eigenvalue weighted by molar-refractivity contribution is -0.135. The lowest BCUT2D eigenvalue weighted by atomic mass is 9.97. The second kappa shape index (κ2) is 6.53. The lowest BCUT2D eigenvalue weighted by Gasteiger charge is -2.38. The molecule has 2 aliphatic rings. The van der Waals surface area contributed by atoms with Gasteiger partial charge in [0.05, 0.1) is 13.0 Å². The minimum atomic E-state index is 0.269. The number of ether oxygens (including phenoxy) is 1. The fourth-order valence-electron chi connectivity index (χ4n) is 3.37. The van der Waals surface area contributed by atoms with Crippen LogP contribution in [0.3, 0.4) is 0 Å². The van der Waals surface area contributed by atoms with Crippen LogP contribution in [0.4, 0.5) is 0 Å². The van der Waals surface area contributed by atoms with Gasteiger partial charge < -0.3 is 15.0 Å². The van der Waals surface area contributed by atoms with Crippen LogP contribution in [0.5, 0.6) is 0 Å². The standard InChI is InChI=1S/C14H26N2O2/c1-3-7-16(14(17)6-8-18-2)13-9-11-4-5-12(10-13)15-11/h11-13,15H,3-10H2,1-2H3. The number of fused-ring (bicyclic) bond motifs is 2. The zero-order chi connectivity index (χ0) is 13.0. The molecule has 2 bridgehead atoms. The monoisotopic (exact) mass is 254 g/mol. The van der Waals surface area contributed by atoms with Crippen LogP contribution < -0.4 is 5.32 Å². The van der Waals surface area contributed by atoms with Crippen LogP contribution >= 0.6 is 0 Å². The summed E-state index contributed by atoms with van der Waals surface area (Å²) in [6.07, 6.45) is 6.40. The summed E-state index contributed by atoms with van der Waals surface area (Å²) in [6, 6.07) is 1.74. The Morgan fingerprint density at radius 3 is 2.56 bits per heavy atom. The summed E-state index contributed by atoms with van der Waals surface area (Å²) in [7, 11) is 1.65. The van der Waals surface area contributed by atoms with Gasteiger partial charge in [0.15, 0.2) is 0 Å². The van der Waals surface area contributed by atoms with Crippen molar-refractivity contribution in [3.8, 4) is 0 Å². The van der Waals surface area contributed by atoms with Gasteiger partial charge in [-0.2, -0.15) is 0 Å². The van der Waals surface area contributed by atoms with Gasteiger partial charge in [-0.1, -0.05) is 6.92 Å². The molecule has 0 spiro atoms. The van der Waals surface area contributed by atoms with Crippen LogP contribution in [0.15, 0.2) is 0 Å². The maximum atomic E-state index is 12.3. The maximum Gasteiger partial charge on any atom is 0.225 e. The minimum Gasteiger partial charge on any atom is -0.384 e. The van der Waals surface area contributed by atoms with Crippen LogP contribution in [-0.2, 0) is 9.53 Å². The second-order valence-corrected chi connectivity index (χ2v) is 5.59. The molecule has 0 aliphatic carbocycles. The zero-order valence-corrected chi connectivity index (χ0v) is 11.7. The third kappa shape index (κ3) is 3.23. The number of rotatable bonds is 6. The first-order valence-corrected chi connectivity index (χ1v) is 7.29. The maximum absolute atomic E-state index is 12.3. The molecule has 2 aliphatic heterocycles. The van der Waals surface area contributed by atoms with E-state index >= 15 is 0 Å². The molecule has 0 aromatic carbocycles. The van der Waals surface area contributed by atoms with Crippen molar-refractivity contribution in [1.29, 1.82) is 0 Å². The van der Waals surface area contributed by atoms with Gasteiger partial charge in [0, 0.05) is 31.8 Å². The first kappa shape index (κ1) is 13.8. The second-order valence-electron chi connectivity index (χ2n) is 5.59. The van der Waals surface area contributed by atoms with Crippen LogP contribution in [0.2, 0.25) is 0 Å². The van der Waals surface area contributed by atoms with E-state index in [9.17, 15) is 4.79 Å². The Morgan fingerprint density at radius 2 is 2.00 bits per heavy atom. The van der Waals surface area contributed by atoms with Crippen molar-refractivity contribution in [2.24, 2.45) is 0 Å². The molecule has 104 valence electrons. The van der Waals surface area contributed by atoms with E-state index in [1.165, 1.54) is 12.8 Å². The van der Waals surface area contributed by atoms with Crippen LogP contribution in [-0.4, -0.2) is 49.2 Å². The highest BCUT2D eigenvalue weighted by molar-refractivity contribution is 5.76. The Bertz CT molecular complexity index is 271. The number of piperidine rings is 1. The van der Waals surface area contributed by atoms with Crippen LogP contribution in [0.25, 0.3) is 0 Å². The topological polar surface area (TPSA) is 41.6 Å². The molecule has 2 fully saturated rings. The predicted molar refractivity (Wildman–Crippen MR) is 71.5 cm³/mol. The van der Waals surface area contributed by atoms with Gasteiger partial charge in [-0.15, -0.1) is 0 Å². The summed E-state index contributed by atoms with van der Waals surface area (Å²) in [5.74, 6) is 0.269. The highest BCUT2D eigenvalue weighted by atomic mass is 16.5. The summed E-state index contributed by atoms with van der Waals surface area (Å²) in [5.41, 5.74) is 0. The largest absolute Gasteiger partial charge is 0.384 e. The van der Waals surface area contributed by atoms with E-state index in [-0.39, 0.29) is 5.91 Å². The van der Waals surface area contributed by atoms with E-state index in [1.807, 2.05) is 0 Å². The number of nitrogens with zero attached hydrogens (tertiary/aromatic N) is 1. The van der Waals surface area contributed by atoms with Gasteiger partial charge in [0.1, 0.15) is 0 Å². The number of carbonyl (C=O) groups excluding carboxylic acids is 1. The smallest absolute Gasteiger partial charge is 0.225 e.